The molecule has 0 aliphatic carbocycles. The molecule has 0 saturated carbocycles. The predicted octanol–water partition coefficient (Wildman–Crippen LogP) is 4.25. The summed E-state index contributed by atoms with van der Waals surface area (Å²) in [6.45, 7) is 5.51. The average molecular weight is 480 g/mol. The second kappa shape index (κ2) is 8.46. The van der Waals surface area contributed by atoms with Crippen LogP contribution in [0.1, 0.15) is 53.4 Å². The first-order chi connectivity index (χ1) is 15.1. The van der Waals surface area contributed by atoms with Crippen molar-refractivity contribution in [1.29, 1.82) is 0 Å². The first-order valence-electron chi connectivity index (χ1n) is 10.2. The van der Waals surface area contributed by atoms with Gasteiger partial charge in [-0.2, -0.15) is 4.31 Å². The number of aryl methyl sites for hydroxylation is 2. The molecular weight excluding hydrogens is 457 g/mol. The molecule has 1 N–H and O–H groups in total. The normalized spacial score (nSPS) is 18.0. The summed E-state index contributed by atoms with van der Waals surface area (Å²) < 4.78 is 49.0. The number of fused-ring (bicyclic) bond motifs is 1. The van der Waals surface area contributed by atoms with Crippen LogP contribution < -0.4 is 5.76 Å². The van der Waals surface area contributed by atoms with Crippen LogP contribution in [0, 0.1) is 19.7 Å². The maximum atomic E-state index is 15.0. The largest absolute Gasteiger partial charge is 0.434 e. The van der Waals surface area contributed by atoms with Crippen LogP contribution in [0.2, 0.25) is 5.02 Å². The SMILES string of the molecule is Cc1ccc(F)c([C@H](C)[C@@H](c2n[nH]c(=O)o2)N2CCCc3cc(Cl)ccc3S2(=O)=O)c1C. The molecule has 0 amide bonds. The smallest absolute Gasteiger partial charge is 0.391 e. The monoisotopic (exact) mass is 479 g/mol. The summed E-state index contributed by atoms with van der Waals surface area (Å²) >= 11 is 6.09. The lowest BCUT2D eigenvalue weighted by Gasteiger charge is -2.33. The van der Waals surface area contributed by atoms with Gasteiger partial charge in [0.25, 0.3) is 0 Å². The van der Waals surface area contributed by atoms with E-state index in [0.717, 1.165) is 5.56 Å². The molecule has 0 saturated heterocycles. The summed E-state index contributed by atoms with van der Waals surface area (Å²) in [5.74, 6) is -2.06. The Morgan fingerprint density at radius 3 is 2.69 bits per heavy atom. The van der Waals surface area contributed by atoms with Gasteiger partial charge in [-0.05, 0) is 73.2 Å². The first-order valence-corrected chi connectivity index (χ1v) is 12.0. The van der Waals surface area contributed by atoms with E-state index in [1.807, 2.05) is 6.92 Å². The van der Waals surface area contributed by atoms with Crippen LogP contribution in [0.5, 0.6) is 0 Å². The maximum absolute atomic E-state index is 15.0. The predicted molar refractivity (Wildman–Crippen MR) is 118 cm³/mol. The zero-order valence-electron chi connectivity index (χ0n) is 17.9. The molecule has 32 heavy (non-hydrogen) atoms. The number of sulfonamides is 1. The van der Waals surface area contributed by atoms with E-state index in [9.17, 15) is 17.6 Å². The van der Waals surface area contributed by atoms with Crippen LogP contribution in [-0.2, 0) is 16.4 Å². The summed E-state index contributed by atoms with van der Waals surface area (Å²) in [6.07, 6.45) is 1.02. The van der Waals surface area contributed by atoms with Crippen molar-refractivity contribution in [2.24, 2.45) is 0 Å². The van der Waals surface area contributed by atoms with Crippen molar-refractivity contribution in [2.45, 2.75) is 50.5 Å². The van der Waals surface area contributed by atoms with E-state index in [-0.39, 0.29) is 17.3 Å². The fraction of sp³-hybridized carbons (Fsp3) is 0.364. The Kier molecular flexibility index (Phi) is 6.00. The van der Waals surface area contributed by atoms with Gasteiger partial charge in [0.05, 0.1) is 4.90 Å². The number of hydrogen-bond donors (Lipinski definition) is 1. The van der Waals surface area contributed by atoms with Crippen molar-refractivity contribution in [2.75, 3.05) is 6.54 Å². The van der Waals surface area contributed by atoms with Crippen LogP contribution >= 0.6 is 11.6 Å². The van der Waals surface area contributed by atoms with Gasteiger partial charge in [0.15, 0.2) is 0 Å². The summed E-state index contributed by atoms with van der Waals surface area (Å²) in [5.41, 5.74) is 2.55. The second-order valence-corrected chi connectivity index (χ2v) is 10.4. The number of halogens is 2. The fourth-order valence-corrected chi connectivity index (χ4v) is 6.55. The molecule has 0 fully saturated rings. The highest BCUT2D eigenvalue weighted by Crippen LogP contribution is 2.42. The Labute approximate surface area is 190 Å². The molecule has 1 aromatic heterocycles. The van der Waals surface area contributed by atoms with Gasteiger partial charge < -0.3 is 4.42 Å². The Hall–Kier alpha value is -2.49. The Morgan fingerprint density at radius 2 is 2.00 bits per heavy atom. The Morgan fingerprint density at radius 1 is 1.25 bits per heavy atom. The summed E-state index contributed by atoms with van der Waals surface area (Å²) in [7, 11) is -4.03. The molecule has 1 aliphatic heterocycles. The lowest BCUT2D eigenvalue weighted by Crippen LogP contribution is -2.38. The average Bonchev–Trinajstić information content (AvgIpc) is 3.10. The number of nitrogens with zero attached hydrogens (tertiary/aromatic N) is 2. The maximum Gasteiger partial charge on any atom is 0.434 e. The summed E-state index contributed by atoms with van der Waals surface area (Å²) in [5, 5.41) is 6.58. The van der Waals surface area contributed by atoms with E-state index in [2.05, 4.69) is 10.2 Å². The number of nitrogens with one attached hydrogen (secondary N) is 1. The van der Waals surface area contributed by atoms with Crippen LogP contribution in [0.3, 0.4) is 0 Å². The molecule has 3 aromatic rings. The molecule has 2 atom stereocenters. The number of aromatic nitrogens is 2. The third kappa shape index (κ3) is 3.89. The molecule has 0 spiro atoms. The molecule has 10 heteroatoms. The van der Waals surface area contributed by atoms with Gasteiger partial charge in [-0.3, -0.25) is 0 Å². The standard InChI is InChI=1S/C22H23ClFN3O4S/c1-12-6-8-17(24)19(13(12)2)14(3)20(21-25-26-22(28)31-21)27-10-4-5-15-11-16(23)7-9-18(15)32(27,29)30/h6-9,11,14,20H,4-5,10H2,1-3H3,(H,26,28)/t14-,20-/m0/s1. The lowest BCUT2D eigenvalue weighted by atomic mass is 9.87. The van der Waals surface area contributed by atoms with Crippen molar-refractivity contribution in [3.8, 4) is 0 Å². The highest BCUT2D eigenvalue weighted by Gasteiger charge is 2.42. The second-order valence-electron chi connectivity index (χ2n) is 8.06. The molecule has 4 rings (SSSR count). The van der Waals surface area contributed by atoms with Crippen LogP contribution in [0.25, 0.3) is 0 Å². The third-order valence-electron chi connectivity index (χ3n) is 6.11. The molecule has 7 nitrogen and oxygen atoms in total. The van der Waals surface area contributed by atoms with Crippen molar-refractivity contribution < 1.29 is 17.2 Å². The van der Waals surface area contributed by atoms with Gasteiger partial charge in [0.1, 0.15) is 11.9 Å². The van der Waals surface area contributed by atoms with E-state index in [4.69, 9.17) is 16.0 Å². The van der Waals surface area contributed by atoms with Crippen molar-refractivity contribution in [3.05, 3.63) is 79.9 Å². The molecule has 1 aliphatic rings. The van der Waals surface area contributed by atoms with E-state index >= 15 is 0 Å². The molecule has 0 bridgehead atoms. The zero-order chi connectivity index (χ0) is 23.2. The van der Waals surface area contributed by atoms with Gasteiger partial charge in [0.2, 0.25) is 15.9 Å². The highest BCUT2D eigenvalue weighted by atomic mass is 35.5. The fourth-order valence-electron chi connectivity index (χ4n) is 4.43. The molecule has 0 unspecified atom stereocenters. The minimum absolute atomic E-state index is 0.108. The minimum atomic E-state index is -4.03. The number of hydrogen-bond acceptors (Lipinski definition) is 5. The van der Waals surface area contributed by atoms with E-state index in [1.54, 1.807) is 26.0 Å². The van der Waals surface area contributed by atoms with Crippen LogP contribution in [-0.4, -0.2) is 29.5 Å². The zero-order valence-corrected chi connectivity index (χ0v) is 19.4. The molecule has 2 heterocycles. The minimum Gasteiger partial charge on any atom is -0.391 e. The third-order valence-corrected chi connectivity index (χ3v) is 8.33. The van der Waals surface area contributed by atoms with Crippen molar-refractivity contribution in [3.63, 3.8) is 0 Å². The summed E-state index contributed by atoms with van der Waals surface area (Å²) in [4.78, 5) is 11.9. The summed E-state index contributed by atoms with van der Waals surface area (Å²) in [6, 6.07) is 6.66. The Bertz CT molecular complexity index is 1340. The van der Waals surface area contributed by atoms with E-state index < -0.39 is 33.6 Å². The van der Waals surface area contributed by atoms with Gasteiger partial charge >= 0.3 is 5.76 Å². The van der Waals surface area contributed by atoms with Gasteiger partial charge in [-0.1, -0.05) is 24.6 Å². The first kappa shape index (κ1) is 22.7. The highest BCUT2D eigenvalue weighted by molar-refractivity contribution is 7.89. The van der Waals surface area contributed by atoms with Crippen LogP contribution in [0.15, 0.2) is 44.4 Å². The topological polar surface area (TPSA) is 96.3 Å². The van der Waals surface area contributed by atoms with Crippen LogP contribution in [0.4, 0.5) is 4.39 Å². The molecule has 2 aromatic carbocycles. The van der Waals surface area contributed by atoms with Crippen molar-refractivity contribution in [1.82, 2.24) is 14.5 Å². The number of benzene rings is 2. The number of aromatic amines is 1. The number of rotatable bonds is 4. The molecular formula is C22H23ClFN3O4S. The quantitative estimate of drug-likeness (QED) is 0.603. The lowest BCUT2D eigenvalue weighted by molar-refractivity contribution is 0.240. The van der Waals surface area contributed by atoms with Gasteiger partial charge in [0, 0.05) is 17.5 Å². The van der Waals surface area contributed by atoms with Gasteiger partial charge in [-0.25, -0.2) is 22.7 Å². The molecule has 0 radical (unpaired) electrons. The Balaban J connectivity index is 1.91. The van der Waals surface area contributed by atoms with Gasteiger partial charge in [-0.15, -0.1) is 5.10 Å². The van der Waals surface area contributed by atoms with Crippen molar-refractivity contribution >= 4 is 21.6 Å². The van der Waals surface area contributed by atoms with E-state index in [1.165, 1.54) is 22.5 Å². The number of H-pyrrole nitrogens is 1. The van der Waals surface area contributed by atoms with E-state index in [0.29, 0.717) is 34.6 Å². The molecule has 170 valence electrons.